The van der Waals surface area contributed by atoms with Gasteiger partial charge in [0.1, 0.15) is 5.69 Å². The maximum absolute atomic E-state index is 5.42. The molecule has 0 aromatic carbocycles. The molecule has 0 radical (unpaired) electrons. The molecular formula is C11H15NO. The van der Waals surface area contributed by atoms with E-state index in [9.17, 15) is 0 Å². The molecule has 1 aromatic heterocycles. The Hall–Kier alpha value is -1.31. The standard InChI is InChI=1S/C11H15NO/c1-5-8(3)7-11-10(6-2)12-9(4)13-11/h6-7H,2,5H2,1,3-4H3/b8-7-. The van der Waals surface area contributed by atoms with Gasteiger partial charge in [0.2, 0.25) is 0 Å². The fourth-order valence-corrected chi connectivity index (χ4v) is 1.03. The lowest BCUT2D eigenvalue weighted by molar-refractivity contribution is 0.512. The van der Waals surface area contributed by atoms with Crippen LogP contribution in [-0.4, -0.2) is 4.98 Å². The fraction of sp³-hybridized carbons (Fsp3) is 0.364. The minimum atomic E-state index is 0.685. The highest BCUT2D eigenvalue weighted by Crippen LogP contribution is 2.16. The van der Waals surface area contributed by atoms with Crippen molar-refractivity contribution in [1.82, 2.24) is 4.98 Å². The molecular weight excluding hydrogens is 162 g/mol. The molecule has 0 N–H and O–H groups in total. The van der Waals surface area contributed by atoms with Crippen LogP contribution in [0, 0.1) is 6.92 Å². The summed E-state index contributed by atoms with van der Waals surface area (Å²) in [5, 5.41) is 0. The van der Waals surface area contributed by atoms with E-state index < -0.39 is 0 Å². The Morgan fingerprint density at radius 2 is 2.31 bits per heavy atom. The zero-order valence-corrected chi connectivity index (χ0v) is 8.42. The first kappa shape index (κ1) is 9.78. The largest absolute Gasteiger partial charge is 0.441 e. The molecule has 0 amide bonds. The van der Waals surface area contributed by atoms with E-state index >= 15 is 0 Å². The second-order valence-corrected chi connectivity index (χ2v) is 3.03. The van der Waals surface area contributed by atoms with Crippen LogP contribution in [0.25, 0.3) is 12.2 Å². The van der Waals surface area contributed by atoms with Gasteiger partial charge in [-0.15, -0.1) is 0 Å². The molecule has 0 aliphatic carbocycles. The first-order chi connectivity index (χ1) is 6.17. The van der Waals surface area contributed by atoms with Crippen LogP contribution in [0.3, 0.4) is 0 Å². The van der Waals surface area contributed by atoms with Crippen molar-refractivity contribution in [3.8, 4) is 0 Å². The second-order valence-electron chi connectivity index (χ2n) is 3.03. The lowest BCUT2D eigenvalue weighted by Crippen LogP contribution is -1.77. The number of aryl methyl sites for hydroxylation is 1. The van der Waals surface area contributed by atoms with Gasteiger partial charge in [0.25, 0.3) is 0 Å². The third-order valence-corrected chi connectivity index (χ3v) is 1.92. The van der Waals surface area contributed by atoms with Crippen molar-refractivity contribution < 1.29 is 4.42 Å². The Morgan fingerprint density at radius 3 is 2.85 bits per heavy atom. The molecule has 0 fully saturated rings. The number of nitrogens with zero attached hydrogens (tertiary/aromatic N) is 1. The van der Waals surface area contributed by atoms with Crippen molar-refractivity contribution in [3.63, 3.8) is 0 Å². The van der Waals surface area contributed by atoms with E-state index in [1.807, 2.05) is 13.0 Å². The van der Waals surface area contributed by atoms with Gasteiger partial charge in [0.15, 0.2) is 11.7 Å². The Balaban J connectivity index is 3.06. The van der Waals surface area contributed by atoms with Crippen LogP contribution in [0.2, 0.25) is 0 Å². The Bertz CT molecular complexity index is 334. The number of hydrogen-bond donors (Lipinski definition) is 0. The minimum absolute atomic E-state index is 0.685. The zero-order chi connectivity index (χ0) is 9.84. The molecule has 2 nitrogen and oxygen atoms in total. The van der Waals surface area contributed by atoms with E-state index in [0.29, 0.717) is 5.89 Å². The van der Waals surface area contributed by atoms with Gasteiger partial charge in [-0.1, -0.05) is 19.1 Å². The third kappa shape index (κ3) is 2.31. The van der Waals surface area contributed by atoms with Crippen molar-refractivity contribution >= 4 is 12.2 Å². The van der Waals surface area contributed by atoms with Gasteiger partial charge in [-0.2, -0.15) is 0 Å². The number of allylic oxidation sites excluding steroid dienone is 1. The highest BCUT2D eigenvalue weighted by Gasteiger charge is 2.04. The number of oxazole rings is 1. The summed E-state index contributed by atoms with van der Waals surface area (Å²) in [4.78, 5) is 4.19. The molecule has 0 spiro atoms. The summed E-state index contributed by atoms with van der Waals surface area (Å²) < 4.78 is 5.42. The van der Waals surface area contributed by atoms with Crippen LogP contribution >= 0.6 is 0 Å². The predicted molar refractivity (Wildman–Crippen MR) is 55.3 cm³/mol. The monoisotopic (exact) mass is 177 g/mol. The SMILES string of the molecule is C=Cc1nc(C)oc1/C=C(/C)CC. The highest BCUT2D eigenvalue weighted by molar-refractivity contribution is 5.58. The minimum Gasteiger partial charge on any atom is -0.441 e. The van der Waals surface area contributed by atoms with Crippen molar-refractivity contribution in [2.24, 2.45) is 0 Å². The number of rotatable bonds is 3. The quantitative estimate of drug-likeness (QED) is 0.706. The molecule has 0 saturated carbocycles. The summed E-state index contributed by atoms with van der Waals surface area (Å²) in [6.07, 6.45) is 4.75. The summed E-state index contributed by atoms with van der Waals surface area (Å²) in [6, 6.07) is 0. The number of hydrogen-bond acceptors (Lipinski definition) is 2. The predicted octanol–water partition coefficient (Wildman–Crippen LogP) is 3.44. The van der Waals surface area contributed by atoms with E-state index in [2.05, 4.69) is 25.4 Å². The molecule has 13 heavy (non-hydrogen) atoms. The van der Waals surface area contributed by atoms with Gasteiger partial charge in [0, 0.05) is 6.92 Å². The topological polar surface area (TPSA) is 26.0 Å². The van der Waals surface area contributed by atoms with Crippen LogP contribution in [0.1, 0.15) is 37.6 Å². The van der Waals surface area contributed by atoms with Crippen LogP contribution in [-0.2, 0) is 0 Å². The van der Waals surface area contributed by atoms with E-state index in [1.54, 1.807) is 6.08 Å². The van der Waals surface area contributed by atoms with Gasteiger partial charge >= 0.3 is 0 Å². The fourth-order valence-electron chi connectivity index (χ4n) is 1.03. The Morgan fingerprint density at radius 1 is 1.62 bits per heavy atom. The van der Waals surface area contributed by atoms with Gasteiger partial charge in [-0.05, 0) is 25.5 Å². The van der Waals surface area contributed by atoms with E-state index in [-0.39, 0.29) is 0 Å². The Labute approximate surface area is 79.0 Å². The second kappa shape index (κ2) is 4.08. The van der Waals surface area contributed by atoms with Gasteiger partial charge < -0.3 is 4.42 Å². The molecule has 1 heterocycles. The lowest BCUT2D eigenvalue weighted by atomic mass is 10.2. The van der Waals surface area contributed by atoms with E-state index in [4.69, 9.17) is 4.42 Å². The summed E-state index contributed by atoms with van der Waals surface area (Å²) in [7, 11) is 0. The normalized spacial score (nSPS) is 11.8. The van der Waals surface area contributed by atoms with Gasteiger partial charge in [0.05, 0.1) is 0 Å². The third-order valence-electron chi connectivity index (χ3n) is 1.92. The molecule has 0 atom stereocenters. The van der Waals surface area contributed by atoms with Crippen LogP contribution in [0.4, 0.5) is 0 Å². The first-order valence-electron chi connectivity index (χ1n) is 4.44. The molecule has 2 heteroatoms. The molecule has 70 valence electrons. The lowest BCUT2D eigenvalue weighted by Gasteiger charge is -1.92. The summed E-state index contributed by atoms with van der Waals surface area (Å²) in [5.74, 6) is 1.50. The van der Waals surface area contributed by atoms with Crippen molar-refractivity contribution in [1.29, 1.82) is 0 Å². The summed E-state index contributed by atoms with van der Waals surface area (Å²) >= 11 is 0. The summed E-state index contributed by atoms with van der Waals surface area (Å²) in [6.45, 7) is 9.71. The van der Waals surface area contributed by atoms with Crippen LogP contribution in [0.15, 0.2) is 16.6 Å². The molecule has 0 bridgehead atoms. The molecule has 0 aliphatic rings. The van der Waals surface area contributed by atoms with Crippen LogP contribution in [0.5, 0.6) is 0 Å². The highest BCUT2D eigenvalue weighted by atomic mass is 16.4. The van der Waals surface area contributed by atoms with Crippen molar-refractivity contribution in [2.75, 3.05) is 0 Å². The summed E-state index contributed by atoms with van der Waals surface area (Å²) in [5.41, 5.74) is 2.10. The van der Waals surface area contributed by atoms with E-state index in [1.165, 1.54) is 5.57 Å². The molecule has 0 unspecified atom stereocenters. The van der Waals surface area contributed by atoms with E-state index in [0.717, 1.165) is 17.9 Å². The van der Waals surface area contributed by atoms with Gasteiger partial charge in [-0.25, -0.2) is 4.98 Å². The Kier molecular flexibility index (Phi) is 3.07. The van der Waals surface area contributed by atoms with Gasteiger partial charge in [-0.3, -0.25) is 0 Å². The van der Waals surface area contributed by atoms with Crippen molar-refractivity contribution in [3.05, 3.63) is 29.5 Å². The zero-order valence-electron chi connectivity index (χ0n) is 8.42. The first-order valence-corrected chi connectivity index (χ1v) is 4.44. The average Bonchev–Trinajstić information content (AvgIpc) is 2.46. The average molecular weight is 177 g/mol. The maximum Gasteiger partial charge on any atom is 0.192 e. The van der Waals surface area contributed by atoms with Crippen molar-refractivity contribution in [2.45, 2.75) is 27.2 Å². The molecule has 1 aromatic rings. The molecule has 0 aliphatic heterocycles. The molecule has 0 saturated heterocycles. The maximum atomic E-state index is 5.42. The number of aromatic nitrogens is 1. The van der Waals surface area contributed by atoms with Crippen LogP contribution < -0.4 is 0 Å². The smallest absolute Gasteiger partial charge is 0.192 e. The molecule has 1 rings (SSSR count).